The average Bonchev–Trinajstić information content (AvgIpc) is 2.52. The number of aromatic amines is 1. The maximum atomic E-state index is 11.2. The van der Waals surface area contributed by atoms with Gasteiger partial charge in [-0.1, -0.05) is 0 Å². The molecule has 1 aromatic rings. The molecule has 13 heavy (non-hydrogen) atoms. The molecule has 3 N–H and O–H groups in total. The summed E-state index contributed by atoms with van der Waals surface area (Å²) < 4.78 is 9.50. The van der Waals surface area contributed by atoms with E-state index in [2.05, 4.69) is 9.97 Å². The predicted octanol–water partition coefficient (Wildman–Crippen LogP) is -0.205. The van der Waals surface area contributed by atoms with Gasteiger partial charge < -0.3 is 20.2 Å². The third-order valence-electron chi connectivity index (χ3n) is 1.39. The molecule has 0 bridgehead atoms. The Bertz CT molecular complexity index is 284. The van der Waals surface area contributed by atoms with Gasteiger partial charge in [-0.25, -0.2) is 9.78 Å². The highest BCUT2D eigenvalue weighted by atomic mass is 16.6. The summed E-state index contributed by atoms with van der Waals surface area (Å²) in [6.45, 7) is 0.563. The number of rotatable bonds is 4. The van der Waals surface area contributed by atoms with Crippen LogP contribution < -0.4 is 5.73 Å². The Labute approximate surface area is 75.0 Å². The Hall–Kier alpha value is -1.56. The highest BCUT2D eigenvalue weighted by Crippen LogP contribution is 2.05. The fourth-order valence-electron chi connectivity index (χ4n) is 0.758. The van der Waals surface area contributed by atoms with Crippen LogP contribution in [-0.4, -0.2) is 36.3 Å². The number of hydrogen-bond donors (Lipinski definition) is 2. The summed E-state index contributed by atoms with van der Waals surface area (Å²) in [7, 11) is 1.53. The molecule has 0 saturated heterocycles. The molecule has 1 aromatic heterocycles. The van der Waals surface area contributed by atoms with Crippen LogP contribution in [0.4, 0.5) is 5.82 Å². The molecule has 0 aliphatic rings. The molecule has 1 rings (SSSR count). The number of anilines is 1. The minimum absolute atomic E-state index is 0.141. The lowest BCUT2D eigenvalue weighted by atomic mass is 10.4. The van der Waals surface area contributed by atoms with Crippen molar-refractivity contribution in [1.82, 2.24) is 9.97 Å². The van der Waals surface area contributed by atoms with Gasteiger partial charge in [-0.05, 0) is 0 Å². The summed E-state index contributed by atoms with van der Waals surface area (Å²) in [5.41, 5.74) is 5.55. The maximum absolute atomic E-state index is 11.2. The second-order valence-electron chi connectivity index (χ2n) is 2.29. The molecule has 6 heteroatoms. The summed E-state index contributed by atoms with van der Waals surface area (Å²) >= 11 is 0. The zero-order valence-electron chi connectivity index (χ0n) is 7.24. The smallest absolute Gasteiger partial charge is 0.358 e. The molecule has 72 valence electrons. The van der Waals surface area contributed by atoms with E-state index < -0.39 is 5.97 Å². The molecule has 0 spiro atoms. The van der Waals surface area contributed by atoms with Crippen molar-refractivity contribution >= 4 is 11.8 Å². The Morgan fingerprint density at radius 1 is 1.69 bits per heavy atom. The van der Waals surface area contributed by atoms with E-state index in [0.29, 0.717) is 6.61 Å². The first kappa shape index (κ1) is 9.53. The highest BCUT2D eigenvalue weighted by molar-refractivity contribution is 5.91. The molecule has 0 fully saturated rings. The number of carbonyl (C=O) groups excluding carboxylic acids is 1. The number of H-pyrrole nitrogens is 1. The fraction of sp³-hybridized carbons (Fsp3) is 0.429. The molecular weight excluding hydrogens is 174 g/mol. The van der Waals surface area contributed by atoms with Crippen LogP contribution in [0, 0.1) is 0 Å². The van der Waals surface area contributed by atoms with E-state index in [1.807, 2.05) is 0 Å². The third kappa shape index (κ3) is 2.45. The summed E-state index contributed by atoms with van der Waals surface area (Å²) in [6.07, 6.45) is 1.34. The largest absolute Gasteiger partial charge is 0.458 e. The Morgan fingerprint density at radius 3 is 3.00 bits per heavy atom. The minimum Gasteiger partial charge on any atom is -0.458 e. The number of carbonyl (C=O) groups is 1. The van der Waals surface area contributed by atoms with Crippen LogP contribution in [0.3, 0.4) is 0 Å². The number of imidazole rings is 1. The molecule has 6 nitrogen and oxygen atoms in total. The molecule has 0 atom stereocenters. The van der Waals surface area contributed by atoms with E-state index in [9.17, 15) is 4.79 Å². The summed E-state index contributed by atoms with van der Waals surface area (Å²) in [6, 6.07) is 0. The number of aromatic nitrogens is 2. The van der Waals surface area contributed by atoms with Crippen LogP contribution >= 0.6 is 0 Å². The Balaban J connectivity index is 2.45. The Kier molecular flexibility index (Phi) is 3.27. The average molecular weight is 185 g/mol. The second-order valence-corrected chi connectivity index (χ2v) is 2.29. The van der Waals surface area contributed by atoms with E-state index >= 15 is 0 Å². The van der Waals surface area contributed by atoms with Gasteiger partial charge in [-0.3, -0.25) is 0 Å². The fourth-order valence-corrected chi connectivity index (χ4v) is 0.758. The van der Waals surface area contributed by atoms with Crippen molar-refractivity contribution in [2.45, 2.75) is 0 Å². The van der Waals surface area contributed by atoms with Crippen molar-refractivity contribution in [2.75, 3.05) is 26.1 Å². The van der Waals surface area contributed by atoms with Crippen LogP contribution in [0.2, 0.25) is 0 Å². The zero-order valence-corrected chi connectivity index (χ0v) is 7.24. The van der Waals surface area contributed by atoms with Crippen LogP contribution in [0.25, 0.3) is 0 Å². The number of ether oxygens (including phenoxy) is 2. The molecule has 0 aromatic carbocycles. The van der Waals surface area contributed by atoms with E-state index in [-0.39, 0.29) is 18.1 Å². The normalized spacial score (nSPS) is 9.92. The van der Waals surface area contributed by atoms with Gasteiger partial charge in [0.1, 0.15) is 6.61 Å². The van der Waals surface area contributed by atoms with E-state index in [1.54, 1.807) is 0 Å². The van der Waals surface area contributed by atoms with Crippen LogP contribution in [0.15, 0.2) is 6.33 Å². The number of nitrogens with zero attached hydrogens (tertiary/aromatic N) is 1. The van der Waals surface area contributed by atoms with E-state index in [1.165, 1.54) is 13.4 Å². The van der Waals surface area contributed by atoms with Crippen molar-refractivity contribution in [3.63, 3.8) is 0 Å². The number of hydrogen-bond acceptors (Lipinski definition) is 5. The first-order valence-electron chi connectivity index (χ1n) is 3.70. The van der Waals surface area contributed by atoms with Gasteiger partial charge in [-0.15, -0.1) is 0 Å². The summed E-state index contributed by atoms with van der Waals surface area (Å²) in [5.74, 6) is -0.380. The lowest BCUT2D eigenvalue weighted by molar-refractivity contribution is 0.0383. The van der Waals surface area contributed by atoms with Crippen molar-refractivity contribution in [2.24, 2.45) is 0 Å². The summed E-state index contributed by atoms with van der Waals surface area (Å²) in [4.78, 5) is 17.4. The van der Waals surface area contributed by atoms with Crippen LogP contribution in [0.5, 0.6) is 0 Å². The lowest BCUT2D eigenvalue weighted by Gasteiger charge is -2.01. The van der Waals surface area contributed by atoms with Crippen molar-refractivity contribution in [3.05, 3.63) is 12.0 Å². The topological polar surface area (TPSA) is 90.2 Å². The standard InChI is InChI=1S/C7H11N3O3/c1-12-2-3-13-7(11)5-6(8)10-4-9-5/h4H,2-3,8H2,1H3,(H,9,10). The number of methoxy groups -OCH3 is 1. The molecule has 0 unspecified atom stereocenters. The van der Waals surface area contributed by atoms with Gasteiger partial charge in [-0.2, -0.15) is 0 Å². The highest BCUT2D eigenvalue weighted by Gasteiger charge is 2.12. The number of nitrogens with one attached hydrogen (secondary N) is 1. The van der Waals surface area contributed by atoms with E-state index in [4.69, 9.17) is 15.2 Å². The van der Waals surface area contributed by atoms with Gasteiger partial charge in [0.25, 0.3) is 0 Å². The quantitative estimate of drug-likeness (QED) is 0.500. The van der Waals surface area contributed by atoms with Crippen LogP contribution in [-0.2, 0) is 9.47 Å². The zero-order chi connectivity index (χ0) is 9.68. The van der Waals surface area contributed by atoms with Gasteiger partial charge >= 0.3 is 5.97 Å². The lowest BCUT2D eigenvalue weighted by Crippen LogP contribution is -2.11. The predicted molar refractivity (Wildman–Crippen MR) is 45.2 cm³/mol. The minimum atomic E-state index is -0.521. The monoisotopic (exact) mass is 185 g/mol. The molecular formula is C7H11N3O3. The first-order valence-corrected chi connectivity index (χ1v) is 3.70. The molecule has 0 aliphatic heterocycles. The van der Waals surface area contributed by atoms with Crippen LogP contribution in [0.1, 0.15) is 10.5 Å². The number of nitrogen functional groups attached to an aromatic ring is 1. The Morgan fingerprint density at radius 2 is 2.46 bits per heavy atom. The molecule has 0 aliphatic carbocycles. The molecule has 0 saturated carbocycles. The number of esters is 1. The van der Waals surface area contributed by atoms with Gasteiger partial charge in [0, 0.05) is 7.11 Å². The van der Waals surface area contributed by atoms with Gasteiger partial charge in [0.05, 0.1) is 12.9 Å². The number of nitrogens with two attached hydrogens (primary N) is 1. The van der Waals surface area contributed by atoms with Crippen molar-refractivity contribution in [1.29, 1.82) is 0 Å². The van der Waals surface area contributed by atoms with E-state index in [0.717, 1.165) is 0 Å². The van der Waals surface area contributed by atoms with Crippen molar-refractivity contribution in [3.8, 4) is 0 Å². The SMILES string of the molecule is COCCOC(=O)c1[nH]cnc1N. The second kappa shape index (κ2) is 4.46. The molecule has 0 radical (unpaired) electrons. The van der Waals surface area contributed by atoms with Gasteiger partial charge in [0.2, 0.25) is 0 Å². The molecule has 0 amide bonds. The molecule has 1 heterocycles. The van der Waals surface area contributed by atoms with Gasteiger partial charge in [0.15, 0.2) is 11.5 Å². The summed E-state index contributed by atoms with van der Waals surface area (Å²) in [5, 5.41) is 0. The maximum Gasteiger partial charge on any atom is 0.358 e. The van der Waals surface area contributed by atoms with Crippen molar-refractivity contribution < 1.29 is 14.3 Å². The third-order valence-corrected chi connectivity index (χ3v) is 1.39. The first-order chi connectivity index (χ1) is 6.25.